The van der Waals surface area contributed by atoms with Gasteiger partial charge in [-0.25, -0.2) is 0 Å². The topological polar surface area (TPSA) is 43.6 Å². The number of aromatic nitrogens is 2. The average Bonchev–Trinajstić information content (AvgIpc) is 2.91. The Hall–Kier alpha value is -2.66. The zero-order valence-electron chi connectivity index (χ0n) is 11.8. The number of thiazole rings is 1. The van der Waals surface area contributed by atoms with Crippen molar-refractivity contribution in [2.24, 2.45) is 0 Å². The van der Waals surface area contributed by atoms with Crippen LogP contribution in [-0.2, 0) is 0 Å². The largest absolute Gasteiger partial charge is 0.497 e. The molecule has 0 atom stereocenters. The first-order valence-electron chi connectivity index (χ1n) is 6.82. The minimum Gasteiger partial charge on any atom is -0.497 e. The lowest BCUT2D eigenvalue weighted by Gasteiger charge is -2.06. The molecule has 0 saturated heterocycles. The lowest BCUT2D eigenvalue weighted by molar-refractivity contribution is 0.415. The van der Waals surface area contributed by atoms with E-state index in [2.05, 4.69) is 4.98 Å². The summed E-state index contributed by atoms with van der Waals surface area (Å²) in [6.07, 6.45) is 0. The highest BCUT2D eigenvalue weighted by molar-refractivity contribution is 7.23. The van der Waals surface area contributed by atoms with Gasteiger partial charge in [-0.3, -0.25) is 9.20 Å². The third-order valence-electron chi connectivity index (χ3n) is 3.58. The number of methoxy groups -OCH3 is 1. The zero-order valence-corrected chi connectivity index (χ0v) is 12.6. The van der Waals surface area contributed by atoms with Crippen molar-refractivity contribution in [3.8, 4) is 17.0 Å². The van der Waals surface area contributed by atoms with E-state index in [1.165, 1.54) is 11.3 Å². The predicted octanol–water partition coefficient (Wildman–Crippen LogP) is 3.58. The van der Waals surface area contributed by atoms with E-state index in [-0.39, 0.29) is 5.56 Å². The molecule has 0 unspecified atom stereocenters. The van der Waals surface area contributed by atoms with Gasteiger partial charge in [0.25, 0.3) is 5.56 Å². The van der Waals surface area contributed by atoms with Crippen LogP contribution in [0.1, 0.15) is 0 Å². The fraction of sp³-hybridized carbons (Fsp3) is 0.0588. The normalized spacial score (nSPS) is 11.1. The predicted molar refractivity (Wildman–Crippen MR) is 88.8 cm³/mol. The van der Waals surface area contributed by atoms with E-state index in [4.69, 9.17) is 4.74 Å². The molecule has 2 heterocycles. The van der Waals surface area contributed by atoms with E-state index < -0.39 is 0 Å². The van der Waals surface area contributed by atoms with E-state index in [0.717, 1.165) is 27.2 Å². The second-order valence-corrected chi connectivity index (χ2v) is 5.91. The molecule has 108 valence electrons. The van der Waals surface area contributed by atoms with Gasteiger partial charge in [-0.2, -0.15) is 4.98 Å². The molecule has 0 fully saturated rings. The Kier molecular flexibility index (Phi) is 2.94. The molecule has 22 heavy (non-hydrogen) atoms. The number of benzene rings is 2. The van der Waals surface area contributed by atoms with Gasteiger partial charge in [-0.15, -0.1) is 0 Å². The minimum absolute atomic E-state index is 0.225. The first kappa shape index (κ1) is 13.0. The van der Waals surface area contributed by atoms with Gasteiger partial charge in [-0.1, -0.05) is 41.7 Å². The maximum absolute atomic E-state index is 11.9. The van der Waals surface area contributed by atoms with Crippen LogP contribution in [-0.4, -0.2) is 16.5 Å². The second kappa shape index (κ2) is 4.96. The van der Waals surface area contributed by atoms with Crippen molar-refractivity contribution < 1.29 is 4.74 Å². The summed E-state index contributed by atoms with van der Waals surface area (Å²) in [4.78, 5) is 16.8. The molecule has 0 aliphatic carbocycles. The molecule has 0 bridgehead atoms. The van der Waals surface area contributed by atoms with Crippen LogP contribution in [0.5, 0.6) is 5.75 Å². The Balaban J connectivity index is 2.14. The number of fused-ring (bicyclic) bond motifs is 3. The molecular weight excluding hydrogens is 296 g/mol. The van der Waals surface area contributed by atoms with Crippen molar-refractivity contribution in [1.29, 1.82) is 0 Å². The molecular formula is C17H12N2O2S. The first-order valence-corrected chi connectivity index (χ1v) is 7.64. The van der Waals surface area contributed by atoms with E-state index in [0.29, 0.717) is 4.96 Å². The molecule has 4 nitrogen and oxygen atoms in total. The van der Waals surface area contributed by atoms with Crippen molar-refractivity contribution >= 4 is 26.5 Å². The number of rotatable bonds is 2. The van der Waals surface area contributed by atoms with Crippen molar-refractivity contribution in [2.45, 2.75) is 0 Å². The molecule has 0 N–H and O–H groups in total. The van der Waals surface area contributed by atoms with Crippen LogP contribution < -0.4 is 10.3 Å². The third-order valence-corrected chi connectivity index (χ3v) is 4.58. The summed E-state index contributed by atoms with van der Waals surface area (Å²) >= 11 is 1.49. The highest BCUT2D eigenvalue weighted by atomic mass is 32.1. The molecule has 2 aromatic heterocycles. The lowest BCUT2D eigenvalue weighted by atomic mass is 10.1. The molecule has 0 amide bonds. The van der Waals surface area contributed by atoms with Gasteiger partial charge in [0.05, 0.1) is 23.0 Å². The Morgan fingerprint density at radius 3 is 2.68 bits per heavy atom. The Labute approximate surface area is 130 Å². The van der Waals surface area contributed by atoms with E-state index in [9.17, 15) is 4.79 Å². The second-order valence-electron chi connectivity index (χ2n) is 4.90. The summed E-state index contributed by atoms with van der Waals surface area (Å²) in [6, 6.07) is 17.3. The number of hydrogen-bond donors (Lipinski definition) is 0. The summed E-state index contributed by atoms with van der Waals surface area (Å²) in [6.45, 7) is 0. The average molecular weight is 308 g/mol. The molecule has 4 aromatic rings. The van der Waals surface area contributed by atoms with Gasteiger partial charge in [0, 0.05) is 6.07 Å². The number of hydrogen-bond acceptors (Lipinski definition) is 4. The van der Waals surface area contributed by atoms with Crippen LogP contribution in [0.15, 0.2) is 59.4 Å². The maximum atomic E-state index is 11.9. The molecule has 4 rings (SSSR count). The lowest BCUT2D eigenvalue weighted by Crippen LogP contribution is -2.08. The first-order chi connectivity index (χ1) is 10.8. The van der Waals surface area contributed by atoms with Gasteiger partial charge >= 0.3 is 0 Å². The van der Waals surface area contributed by atoms with E-state index >= 15 is 0 Å². The Bertz CT molecular complexity index is 1040. The monoisotopic (exact) mass is 308 g/mol. The summed E-state index contributed by atoms with van der Waals surface area (Å²) < 4.78 is 8.33. The highest BCUT2D eigenvalue weighted by Gasteiger charge is 2.12. The van der Waals surface area contributed by atoms with E-state index in [1.54, 1.807) is 13.2 Å². The van der Waals surface area contributed by atoms with Gasteiger partial charge in [0.1, 0.15) is 5.75 Å². The van der Waals surface area contributed by atoms with Crippen LogP contribution in [0.25, 0.3) is 26.4 Å². The van der Waals surface area contributed by atoms with Crippen LogP contribution >= 0.6 is 11.3 Å². The number of nitrogens with zero attached hydrogens (tertiary/aromatic N) is 2. The standard InChI is InChI=1S/C17H12N2O2S/c1-21-12-7-8-13-15(9-12)22-17-18-16(20)10-14(19(13)17)11-5-3-2-4-6-11/h2-10H,1H3. The summed E-state index contributed by atoms with van der Waals surface area (Å²) in [5.41, 5.74) is 2.64. The third kappa shape index (κ3) is 1.98. The van der Waals surface area contributed by atoms with Crippen molar-refractivity contribution in [2.75, 3.05) is 7.11 Å². The summed E-state index contributed by atoms with van der Waals surface area (Å²) in [5.74, 6) is 0.795. The van der Waals surface area contributed by atoms with E-state index in [1.807, 2.05) is 52.9 Å². The van der Waals surface area contributed by atoms with Crippen molar-refractivity contribution in [3.05, 3.63) is 65.0 Å². The van der Waals surface area contributed by atoms with Crippen LogP contribution in [0.3, 0.4) is 0 Å². The van der Waals surface area contributed by atoms with Crippen molar-refractivity contribution in [1.82, 2.24) is 9.38 Å². The van der Waals surface area contributed by atoms with Gasteiger partial charge in [0.15, 0.2) is 4.96 Å². The molecule has 0 radical (unpaired) electrons. The fourth-order valence-electron chi connectivity index (χ4n) is 2.57. The molecule has 2 aromatic carbocycles. The quantitative estimate of drug-likeness (QED) is 0.568. The van der Waals surface area contributed by atoms with Crippen molar-refractivity contribution in [3.63, 3.8) is 0 Å². The minimum atomic E-state index is -0.225. The Morgan fingerprint density at radius 1 is 1.09 bits per heavy atom. The highest BCUT2D eigenvalue weighted by Crippen LogP contribution is 2.31. The molecule has 0 aliphatic rings. The number of ether oxygens (including phenoxy) is 1. The SMILES string of the molecule is COc1ccc2c(c1)sc1nc(=O)cc(-c3ccccc3)n12. The van der Waals surface area contributed by atoms with Crippen LogP contribution in [0, 0.1) is 0 Å². The van der Waals surface area contributed by atoms with Gasteiger partial charge < -0.3 is 4.74 Å². The Morgan fingerprint density at radius 2 is 1.91 bits per heavy atom. The summed E-state index contributed by atoms with van der Waals surface area (Å²) in [7, 11) is 1.64. The molecule has 5 heteroatoms. The van der Waals surface area contributed by atoms with Gasteiger partial charge in [0.2, 0.25) is 0 Å². The fourth-order valence-corrected chi connectivity index (χ4v) is 3.63. The smallest absolute Gasteiger partial charge is 0.274 e. The van der Waals surface area contributed by atoms with Crippen LogP contribution in [0.4, 0.5) is 0 Å². The zero-order chi connectivity index (χ0) is 15.1. The molecule has 0 aliphatic heterocycles. The van der Waals surface area contributed by atoms with Crippen LogP contribution in [0.2, 0.25) is 0 Å². The molecule has 0 saturated carbocycles. The maximum Gasteiger partial charge on any atom is 0.274 e. The summed E-state index contributed by atoms with van der Waals surface area (Å²) in [5, 5.41) is 0. The molecule has 0 spiro atoms. The van der Waals surface area contributed by atoms with Gasteiger partial charge in [-0.05, 0) is 23.8 Å².